The van der Waals surface area contributed by atoms with Gasteiger partial charge in [-0.3, -0.25) is 4.90 Å². The van der Waals surface area contributed by atoms with Crippen molar-refractivity contribution in [3.05, 3.63) is 36.0 Å². The molecule has 2 aromatic rings. The average Bonchev–Trinajstić information content (AvgIpc) is 2.94. The van der Waals surface area contributed by atoms with Gasteiger partial charge in [0.2, 0.25) is 0 Å². The summed E-state index contributed by atoms with van der Waals surface area (Å²) in [7, 11) is 0. The van der Waals surface area contributed by atoms with Crippen molar-refractivity contribution in [1.29, 1.82) is 0 Å². The van der Waals surface area contributed by atoms with Crippen LogP contribution in [0.4, 0.5) is 0 Å². The van der Waals surface area contributed by atoms with Crippen molar-refractivity contribution < 1.29 is 14.3 Å². The number of carbonyl (C=O) groups is 1. The lowest BCUT2D eigenvalue weighted by Crippen LogP contribution is -2.47. The Morgan fingerprint density at radius 2 is 2.39 bits per heavy atom. The number of nitrogens with zero attached hydrogens (tertiary/aromatic N) is 4. The van der Waals surface area contributed by atoms with E-state index >= 15 is 0 Å². The van der Waals surface area contributed by atoms with E-state index in [1.807, 2.05) is 12.1 Å². The van der Waals surface area contributed by atoms with Gasteiger partial charge in [-0.15, -0.1) is 5.10 Å². The van der Waals surface area contributed by atoms with Crippen LogP contribution in [0.15, 0.2) is 29.0 Å². The molecule has 2 aromatic heterocycles. The molecule has 0 saturated carbocycles. The Hall–Kier alpha value is -2.15. The first kappa shape index (κ1) is 11.0. The van der Waals surface area contributed by atoms with Crippen molar-refractivity contribution in [2.75, 3.05) is 13.1 Å². The number of carboxylic acid groups (broad SMARTS) is 1. The number of carboxylic acids is 1. The van der Waals surface area contributed by atoms with E-state index in [1.165, 1.54) is 6.20 Å². The Bertz CT molecular complexity index is 542. The molecule has 7 nitrogen and oxygen atoms in total. The molecule has 0 atom stereocenters. The topological polar surface area (TPSA) is 84.4 Å². The van der Waals surface area contributed by atoms with Crippen LogP contribution in [-0.4, -0.2) is 44.1 Å². The molecule has 1 saturated heterocycles. The van der Waals surface area contributed by atoms with Crippen molar-refractivity contribution in [3.8, 4) is 0 Å². The third-order valence-electron chi connectivity index (χ3n) is 3.00. The molecule has 0 radical (unpaired) electrons. The van der Waals surface area contributed by atoms with E-state index in [2.05, 4.69) is 15.2 Å². The number of likely N-dealkylation sites (tertiary alicyclic amines) is 1. The fraction of sp³-hybridized carbons (Fsp3) is 0.364. The highest BCUT2D eigenvalue weighted by Crippen LogP contribution is 2.22. The Morgan fingerprint density at radius 3 is 3.00 bits per heavy atom. The molecule has 0 spiro atoms. The van der Waals surface area contributed by atoms with Gasteiger partial charge in [0.1, 0.15) is 5.76 Å². The molecule has 3 rings (SSSR count). The molecule has 0 aliphatic carbocycles. The summed E-state index contributed by atoms with van der Waals surface area (Å²) in [5.74, 6) is -0.119. The molecule has 0 amide bonds. The summed E-state index contributed by atoms with van der Waals surface area (Å²) in [4.78, 5) is 12.9. The number of hydrogen-bond acceptors (Lipinski definition) is 5. The van der Waals surface area contributed by atoms with E-state index in [-0.39, 0.29) is 11.7 Å². The molecule has 1 aliphatic rings. The number of aromatic carboxylic acids is 1. The van der Waals surface area contributed by atoms with E-state index in [0.29, 0.717) is 0 Å². The van der Waals surface area contributed by atoms with Crippen molar-refractivity contribution >= 4 is 5.97 Å². The number of rotatable bonds is 4. The molecule has 1 N–H and O–H groups in total. The molecule has 3 heterocycles. The predicted molar refractivity (Wildman–Crippen MR) is 60.0 cm³/mol. The number of aromatic nitrogens is 3. The maximum Gasteiger partial charge on any atom is 0.358 e. The van der Waals surface area contributed by atoms with Gasteiger partial charge in [0.25, 0.3) is 0 Å². The van der Waals surface area contributed by atoms with Gasteiger partial charge in [-0.2, -0.15) is 0 Å². The zero-order valence-corrected chi connectivity index (χ0v) is 9.56. The molecule has 1 fully saturated rings. The highest BCUT2D eigenvalue weighted by atomic mass is 16.4. The standard InChI is InChI=1S/C11H12N4O3/c16-11(17)10-7-15(13-12-10)8-4-14(5-8)6-9-2-1-3-18-9/h1-3,7-8H,4-6H2,(H,16,17). The van der Waals surface area contributed by atoms with E-state index < -0.39 is 5.97 Å². The predicted octanol–water partition coefficient (Wildman–Crippen LogP) is 0.626. The molecular formula is C11H12N4O3. The third kappa shape index (κ3) is 2.00. The van der Waals surface area contributed by atoms with Crippen LogP contribution in [-0.2, 0) is 6.54 Å². The zero-order chi connectivity index (χ0) is 12.5. The maximum absolute atomic E-state index is 10.7. The quantitative estimate of drug-likeness (QED) is 0.854. The van der Waals surface area contributed by atoms with Gasteiger partial charge < -0.3 is 9.52 Å². The van der Waals surface area contributed by atoms with Crippen LogP contribution in [0, 0.1) is 0 Å². The third-order valence-corrected chi connectivity index (χ3v) is 3.00. The monoisotopic (exact) mass is 248 g/mol. The first-order chi connectivity index (χ1) is 8.72. The summed E-state index contributed by atoms with van der Waals surface area (Å²) < 4.78 is 6.88. The van der Waals surface area contributed by atoms with Gasteiger partial charge in [-0.1, -0.05) is 5.21 Å². The highest BCUT2D eigenvalue weighted by molar-refractivity contribution is 5.84. The highest BCUT2D eigenvalue weighted by Gasteiger charge is 2.30. The molecule has 94 valence electrons. The Kier molecular flexibility index (Phi) is 2.60. The lowest BCUT2D eigenvalue weighted by Gasteiger charge is -2.38. The van der Waals surface area contributed by atoms with Crippen LogP contribution in [0.3, 0.4) is 0 Å². The minimum Gasteiger partial charge on any atom is -0.476 e. The van der Waals surface area contributed by atoms with Crippen molar-refractivity contribution in [3.63, 3.8) is 0 Å². The Balaban J connectivity index is 1.56. The number of furan rings is 1. The maximum atomic E-state index is 10.7. The SMILES string of the molecule is O=C(O)c1cn(C2CN(Cc3ccco3)C2)nn1. The van der Waals surface area contributed by atoms with Crippen LogP contribution in [0.25, 0.3) is 0 Å². The van der Waals surface area contributed by atoms with E-state index in [9.17, 15) is 4.79 Å². The van der Waals surface area contributed by atoms with Crippen LogP contribution >= 0.6 is 0 Å². The second-order valence-electron chi connectivity index (χ2n) is 4.32. The second-order valence-corrected chi connectivity index (χ2v) is 4.32. The fourth-order valence-corrected chi connectivity index (χ4v) is 2.02. The van der Waals surface area contributed by atoms with Gasteiger partial charge in [0, 0.05) is 13.1 Å². The van der Waals surface area contributed by atoms with E-state index in [4.69, 9.17) is 9.52 Å². The van der Waals surface area contributed by atoms with Crippen molar-refractivity contribution in [1.82, 2.24) is 19.9 Å². The number of hydrogen-bond donors (Lipinski definition) is 1. The summed E-state index contributed by atoms with van der Waals surface area (Å²) >= 11 is 0. The van der Waals surface area contributed by atoms with Gasteiger partial charge in [-0.25, -0.2) is 9.48 Å². The van der Waals surface area contributed by atoms with Crippen LogP contribution in [0.1, 0.15) is 22.3 Å². The lowest BCUT2D eigenvalue weighted by atomic mass is 10.1. The largest absolute Gasteiger partial charge is 0.476 e. The fourth-order valence-electron chi connectivity index (χ4n) is 2.02. The molecule has 0 bridgehead atoms. The second kappa shape index (κ2) is 4.26. The molecule has 0 unspecified atom stereocenters. The zero-order valence-electron chi connectivity index (χ0n) is 9.56. The summed E-state index contributed by atoms with van der Waals surface area (Å²) in [6.45, 7) is 2.41. The van der Waals surface area contributed by atoms with Crippen molar-refractivity contribution in [2.45, 2.75) is 12.6 Å². The smallest absolute Gasteiger partial charge is 0.358 e. The van der Waals surface area contributed by atoms with E-state index in [1.54, 1.807) is 10.9 Å². The molecular weight excluding hydrogens is 236 g/mol. The molecule has 1 aliphatic heterocycles. The molecule has 0 aromatic carbocycles. The Labute approximate surface area is 103 Å². The van der Waals surface area contributed by atoms with Crippen LogP contribution in [0.2, 0.25) is 0 Å². The van der Waals surface area contributed by atoms with Gasteiger partial charge in [0.05, 0.1) is 25.0 Å². The van der Waals surface area contributed by atoms with Crippen molar-refractivity contribution in [2.24, 2.45) is 0 Å². The van der Waals surface area contributed by atoms with Gasteiger partial charge in [-0.05, 0) is 12.1 Å². The average molecular weight is 248 g/mol. The Morgan fingerprint density at radius 1 is 1.56 bits per heavy atom. The summed E-state index contributed by atoms with van der Waals surface area (Å²) in [6, 6.07) is 4.00. The summed E-state index contributed by atoms with van der Waals surface area (Å²) in [5.41, 5.74) is -0.0144. The van der Waals surface area contributed by atoms with Gasteiger partial charge >= 0.3 is 5.97 Å². The molecule has 7 heteroatoms. The summed E-state index contributed by atoms with van der Waals surface area (Å²) in [6.07, 6.45) is 3.13. The summed E-state index contributed by atoms with van der Waals surface area (Å²) in [5, 5.41) is 16.2. The first-order valence-electron chi connectivity index (χ1n) is 5.62. The van der Waals surface area contributed by atoms with Gasteiger partial charge in [0.15, 0.2) is 5.69 Å². The normalized spacial score (nSPS) is 16.7. The minimum absolute atomic E-state index is 0.0144. The molecule has 18 heavy (non-hydrogen) atoms. The lowest BCUT2D eigenvalue weighted by molar-refractivity contribution is 0.0689. The van der Waals surface area contributed by atoms with E-state index in [0.717, 1.165) is 25.4 Å². The van der Waals surface area contributed by atoms with Crippen LogP contribution in [0.5, 0.6) is 0 Å². The van der Waals surface area contributed by atoms with Crippen LogP contribution < -0.4 is 0 Å². The minimum atomic E-state index is -1.05. The first-order valence-corrected chi connectivity index (χ1v) is 5.62.